The van der Waals surface area contributed by atoms with Crippen LogP contribution in [-0.4, -0.2) is 20.6 Å². The van der Waals surface area contributed by atoms with Gasteiger partial charge in [-0.1, -0.05) is 65.8 Å². The highest BCUT2D eigenvalue weighted by Gasteiger charge is 2.28. The maximum atomic E-state index is 13.3. The summed E-state index contributed by atoms with van der Waals surface area (Å²) in [5.41, 5.74) is 6.83. The van der Waals surface area contributed by atoms with E-state index < -0.39 is 17.2 Å². The van der Waals surface area contributed by atoms with Gasteiger partial charge in [-0.2, -0.15) is 0 Å². The number of aryl methyl sites for hydroxylation is 1. The number of nitrogen functional groups attached to an aromatic ring is 1. The standard InChI is InChI=1S/C23H21N5O4/c1-15-12-18(32-26-15)22(30)27(13-16-8-4-2-5-9-16)19-20(24)28(23(31)25-21(19)29)14-17-10-6-3-7-11-17/h2-12H,13-14,24H2,1H3,(H,25,29,31). The molecular formula is C23H21N5O4. The minimum Gasteiger partial charge on any atom is -0.383 e. The van der Waals surface area contributed by atoms with E-state index in [1.807, 2.05) is 60.7 Å². The molecule has 0 bridgehead atoms. The molecule has 3 N–H and O–H groups in total. The molecule has 0 aliphatic carbocycles. The number of carbonyl (C=O) groups excluding carboxylic acids is 1. The summed E-state index contributed by atoms with van der Waals surface area (Å²) in [7, 11) is 0. The number of nitrogens with one attached hydrogen (secondary N) is 1. The molecule has 0 fully saturated rings. The molecule has 32 heavy (non-hydrogen) atoms. The quantitative estimate of drug-likeness (QED) is 0.482. The minimum atomic E-state index is -0.766. The Kier molecular flexibility index (Phi) is 5.71. The van der Waals surface area contributed by atoms with Crippen molar-refractivity contribution in [1.82, 2.24) is 14.7 Å². The lowest BCUT2D eigenvalue weighted by Gasteiger charge is -2.23. The van der Waals surface area contributed by atoms with Gasteiger partial charge in [-0.25, -0.2) is 4.79 Å². The first kappa shape index (κ1) is 20.9. The Balaban J connectivity index is 1.84. The molecular weight excluding hydrogens is 410 g/mol. The molecule has 0 atom stereocenters. The van der Waals surface area contributed by atoms with E-state index in [0.29, 0.717) is 5.69 Å². The van der Waals surface area contributed by atoms with E-state index in [9.17, 15) is 14.4 Å². The van der Waals surface area contributed by atoms with Crippen molar-refractivity contribution in [3.63, 3.8) is 0 Å². The van der Waals surface area contributed by atoms with Crippen molar-refractivity contribution in [2.75, 3.05) is 10.6 Å². The molecule has 9 nitrogen and oxygen atoms in total. The summed E-state index contributed by atoms with van der Waals surface area (Å²) in [6.07, 6.45) is 0. The van der Waals surface area contributed by atoms with Crippen LogP contribution in [0.15, 0.2) is 80.8 Å². The summed E-state index contributed by atoms with van der Waals surface area (Å²) in [5.74, 6) is -0.766. The van der Waals surface area contributed by atoms with E-state index in [4.69, 9.17) is 10.3 Å². The van der Waals surface area contributed by atoms with Crippen LogP contribution in [0.5, 0.6) is 0 Å². The summed E-state index contributed by atoms with van der Waals surface area (Å²) < 4.78 is 6.36. The van der Waals surface area contributed by atoms with E-state index in [0.717, 1.165) is 11.1 Å². The van der Waals surface area contributed by atoms with Gasteiger partial charge in [0, 0.05) is 6.07 Å². The van der Waals surface area contributed by atoms with Crippen molar-refractivity contribution < 1.29 is 9.32 Å². The summed E-state index contributed by atoms with van der Waals surface area (Å²) in [6.45, 7) is 1.85. The molecule has 1 amide bonds. The van der Waals surface area contributed by atoms with Gasteiger partial charge in [-0.05, 0) is 18.1 Å². The summed E-state index contributed by atoms with van der Waals surface area (Å²) in [4.78, 5) is 42.2. The Morgan fingerprint density at radius 3 is 2.28 bits per heavy atom. The molecule has 0 aliphatic rings. The van der Waals surface area contributed by atoms with Crippen molar-refractivity contribution in [1.29, 1.82) is 0 Å². The Labute approximate surface area is 182 Å². The molecule has 4 aromatic rings. The number of benzene rings is 2. The van der Waals surface area contributed by atoms with Crippen molar-refractivity contribution in [2.45, 2.75) is 20.0 Å². The third-order valence-electron chi connectivity index (χ3n) is 4.93. The molecule has 0 radical (unpaired) electrons. The Morgan fingerprint density at radius 2 is 1.69 bits per heavy atom. The first-order valence-electron chi connectivity index (χ1n) is 9.89. The first-order chi connectivity index (χ1) is 15.4. The third-order valence-corrected chi connectivity index (χ3v) is 4.93. The van der Waals surface area contributed by atoms with Gasteiger partial charge in [0.2, 0.25) is 5.76 Å². The number of hydrogen-bond donors (Lipinski definition) is 2. The van der Waals surface area contributed by atoms with E-state index in [1.165, 1.54) is 15.5 Å². The molecule has 4 rings (SSSR count). The lowest BCUT2D eigenvalue weighted by atomic mass is 10.2. The fourth-order valence-electron chi connectivity index (χ4n) is 3.38. The zero-order chi connectivity index (χ0) is 22.7. The van der Waals surface area contributed by atoms with Crippen LogP contribution >= 0.6 is 0 Å². The number of nitrogens with two attached hydrogens (primary N) is 1. The van der Waals surface area contributed by atoms with Crippen LogP contribution in [-0.2, 0) is 13.1 Å². The van der Waals surface area contributed by atoms with E-state index in [1.54, 1.807) is 6.92 Å². The van der Waals surface area contributed by atoms with Crippen LogP contribution in [0.2, 0.25) is 0 Å². The fraction of sp³-hybridized carbons (Fsp3) is 0.130. The Morgan fingerprint density at radius 1 is 1.06 bits per heavy atom. The van der Waals surface area contributed by atoms with Crippen molar-refractivity contribution in [3.05, 3.63) is 110 Å². The maximum absolute atomic E-state index is 13.3. The molecule has 162 valence electrons. The highest BCUT2D eigenvalue weighted by atomic mass is 16.5. The summed E-state index contributed by atoms with van der Waals surface area (Å²) in [5, 5.41) is 3.76. The smallest absolute Gasteiger partial charge is 0.330 e. The first-order valence-corrected chi connectivity index (χ1v) is 9.89. The minimum absolute atomic E-state index is 0.0379. The number of rotatable bonds is 6. The highest BCUT2D eigenvalue weighted by Crippen LogP contribution is 2.23. The second kappa shape index (κ2) is 8.76. The normalized spacial score (nSPS) is 10.8. The van der Waals surface area contributed by atoms with Gasteiger partial charge >= 0.3 is 5.69 Å². The molecule has 0 aliphatic heterocycles. The van der Waals surface area contributed by atoms with Crippen molar-refractivity contribution >= 4 is 17.4 Å². The molecule has 2 aromatic heterocycles. The zero-order valence-electron chi connectivity index (χ0n) is 17.3. The molecule has 0 spiro atoms. The van der Waals surface area contributed by atoms with Crippen LogP contribution in [0.25, 0.3) is 0 Å². The van der Waals surface area contributed by atoms with Gasteiger partial charge in [0.1, 0.15) is 5.82 Å². The lowest BCUT2D eigenvalue weighted by molar-refractivity contribution is 0.0949. The number of nitrogens with zero attached hydrogens (tertiary/aromatic N) is 3. The molecule has 0 saturated carbocycles. The van der Waals surface area contributed by atoms with Gasteiger partial charge in [-0.15, -0.1) is 0 Å². The Hall–Kier alpha value is -4.40. The largest absolute Gasteiger partial charge is 0.383 e. The number of anilines is 2. The SMILES string of the molecule is Cc1cc(C(=O)N(Cc2ccccc2)c2c(N)n(Cc3ccccc3)c(=O)[nH]c2=O)on1. The van der Waals surface area contributed by atoms with Gasteiger partial charge < -0.3 is 10.3 Å². The number of carbonyl (C=O) groups is 1. The van der Waals surface area contributed by atoms with Crippen LogP contribution in [0.1, 0.15) is 27.4 Å². The predicted octanol–water partition coefficient (Wildman–Crippen LogP) is 2.31. The Bertz CT molecular complexity index is 1360. The average molecular weight is 431 g/mol. The molecule has 0 unspecified atom stereocenters. The van der Waals surface area contributed by atoms with E-state index in [-0.39, 0.29) is 30.4 Å². The van der Waals surface area contributed by atoms with Crippen LogP contribution < -0.4 is 21.9 Å². The number of H-pyrrole nitrogens is 1. The van der Waals surface area contributed by atoms with Gasteiger partial charge in [0.15, 0.2) is 5.69 Å². The van der Waals surface area contributed by atoms with Crippen molar-refractivity contribution in [2.24, 2.45) is 0 Å². The second-order valence-electron chi connectivity index (χ2n) is 7.27. The molecule has 9 heteroatoms. The van der Waals surface area contributed by atoms with Crippen LogP contribution in [0.3, 0.4) is 0 Å². The highest BCUT2D eigenvalue weighted by molar-refractivity contribution is 6.05. The van der Waals surface area contributed by atoms with E-state index >= 15 is 0 Å². The number of aromatic amines is 1. The molecule has 0 saturated heterocycles. The number of aromatic nitrogens is 3. The lowest BCUT2D eigenvalue weighted by Crippen LogP contribution is -2.41. The maximum Gasteiger partial charge on any atom is 0.330 e. The predicted molar refractivity (Wildman–Crippen MR) is 119 cm³/mol. The number of amides is 1. The monoisotopic (exact) mass is 431 g/mol. The topological polar surface area (TPSA) is 127 Å². The second-order valence-corrected chi connectivity index (χ2v) is 7.27. The fourth-order valence-corrected chi connectivity index (χ4v) is 3.38. The molecule has 2 aromatic carbocycles. The molecule has 2 heterocycles. The van der Waals surface area contributed by atoms with Gasteiger partial charge in [0.25, 0.3) is 11.5 Å². The summed E-state index contributed by atoms with van der Waals surface area (Å²) in [6, 6.07) is 19.8. The average Bonchev–Trinajstić information content (AvgIpc) is 3.23. The van der Waals surface area contributed by atoms with Gasteiger partial charge in [0.05, 0.1) is 18.8 Å². The third kappa shape index (κ3) is 4.22. The van der Waals surface area contributed by atoms with Gasteiger partial charge in [-0.3, -0.25) is 24.0 Å². The number of hydrogen-bond acceptors (Lipinski definition) is 6. The van der Waals surface area contributed by atoms with E-state index in [2.05, 4.69) is 10.1 Å². The van der Waals surface area contributed by atoms with Crippen molar-refractivity contribution in [3.8, 4) is 0 Å². The summed E-state index contributed by atoms with van der Waals surface area (Å²) >= 11 is 0. The van der Waals surface area contributed by atoms with Crippen LogP contribution in [0, 0.1) is 6.92 Å². The van der Waals surface area contributed by atoms with Crippen LogP contribution in [0.4, 0.5) is 11.5 Å². The zero-order valence-corrected chi connectivity index (χ0v) is 17.3.